The Morgan fingerprint density at radius 3 is 2.29 bits per heavy atom. The van der Waals surface area contributed by atoms with Crippen molar-refractivity contribution in [3.63, 3.8) is 0 Å². The summed E-state index contributed by atoms with van der Waals surface area (Å²) in [6, 6.07) is 5.65. The van der Waals surface area contributed by atoms with Crippen molar-refractivity contribution in [3.05, 3.63) is 34.3 Å². The van der Waals surface area contributed by atoms with E-state index in [1.165, 1.54) is 13.8 Å². The Morgan fingerprint density at radius 1 is 1.33 bits per heavy atom. The minimum atomic E-state index is -3.83. The van der Waals surface area contributed by atoms with Crippen molar-refractivity contribution in [1.82, 2.24) is 0 Å². The number of nitrogens with two attached hydrogens (primary N) is 1. The highest BCUT2D eigenvalue weighted by atomic mass is 35.5. The number of halogens is 1. The summed E-state index contributed by atoms with van der Waals surface area (Å²) >= 11 is 6.01. The standard InChI is InChI=1S/C10H14ClNO3S.C3H8O2/c1-8-4-2-6-10(11)9(8)5-3-7-15-16(12,13)14;1-3(2,4)5/h2,4,6H,3,5,7H2,1H3,(H2,12,13,14);4-5H,1-2H3. The molecule has 1 aromatic carbocycles. The van der Waals surface area contributed by atoms with Crippen molar-refractivity contribution in [1.29, 1.82) is 0 Å². The van der Waals surface area contributed by atoms with Crippen molar-refractivity contribution in [2.45, 2.75) is 39.4 Å². The topological polar surface area (TPSA) is 110 Å². The van der Waals surface area contributed by atoms with Crippen LogP contribution in [0.4, 0.5) is 0 Å². The SMILES string of the molecule is CC(C)(O)O.Cc1cccc(Cl)c1CCCOS(N)(=O)=O. The van der Waals surface area contributed by atoms with E-state index in [1.54, 1.807) is 0 Å². The van der Waals surface area contributed by atoms with Gasteiger partial charge in [0, 0.05) is 5.02 Å². The second-order valence-corrected chi connectivity index (χ2v) is 6.58. The summed E-state index contributed by atoms with van der Waals surface area (Å²) in [4.78, 5) is 0. The Hall–Kier alpha value is -0.700. The molecule has 0 aliphatic heterocycles. The highest BCUT2D eigenvalue weighted by Gasteiger charge is 2.05. The van der Waals surface area contributed by atoms with Gasteiger partial charge >= 0.3 is 10.3 Å². The van der Waals surface area contributed by atoms with E-state index in [0.717, 1.165) is 11.1 Å². The summed E-state index contributed by atoms with van der Waals surface area (Å²) in [6.07, 6.45) is 1.22. The number of aryl methyl sites for hydroxylation is 1. The Morgan fingerprint density at radius 2 is 1.86 bits per heavy atom. The molecule has 0 fully saturated rings. The Bertz CT molecular complexity index is 514. The van der Waals surface area contributed by atoms with Crippen molar-refractivity contribution in [2.24, 2.45) is 5.14 Å². The first-order chi connectivity index (χ1) is 9.40. The summed E-state index contributed by atoms with van der Waals surface area (Å²) in [7, 11) is -3.83. The zero-order valence-electron chi connectivity index (χ0n) is 12.3. The second-order valence-electron chi connectivity index (χ2n) is 4.95. The molecule has 1 aromatic rings. The van der Waals surface area contributed by atoms with Crippen LogP contribution >= 0.6 is 11.6 Å². The van der Waals surface area contributed by atoms with Gasteiger partial charge < -0.3 is 10.2 Å². The lowest BCUT2D eigenvalue weighted by atomic mass is 10.0. The smallest absolute Gasteiger partial charge is 0.333 e. The highest BCUT2D eigenvalue weighted by Crippen LogP contribution is 2.20. The molecular formula is C13H22ClNO5S. The van der Waals surface area contributed by atoms with E-state index in [0.29, 0.717) is 17.9 Å². The van der Waals surface area contributed by atoms with E-state index in [2.05, 4.69) is 4.18 Å². The first-order valence-corrected chi connectivity index (χ1v) is 8.11. The maximum Gasteiger partial charge on any atom is 0.333 e. The maximum absolute atomic E-state index is 10.5. The van der Waals surface area contributed by atoms with Crippen LogP contribution in [0.3, 0.4) is 0 Å². The van der Waals surface area contributed by atoms with Crippen molar-refractivity contribution in [3.8, 4) is 0 Å². The van der Waals surface area contributed by atoms with Gasteiger partial charge in [-0.3, -0.25) is 4.18 Å². The minimum absolute atomic E-state index is 0.0729. The molecule has 0 aromatic heterocycles. The van der Waals surface area contributed by atoms with Gasteiger partial charge in [0.25, 0.3) is 0 Å². The fourth-order valence-corrected chi connectivity index (χ4v) is 2.07. The number of aliphatic hydroxyl groups is 2. The fraction of sp³-hybridized carbons (Fsp3) is 0.538. The fourth-order valence-electron chi connectivity index (χ4n) is 1.41. The summed E-state index contributed by atoms with van der Waals surface area (Å²) in [5.74, 6) is -1.50. The van der Waals surface area contributed by atoms with E-state index < -0.39 is 16.1 Å². The lowest BCUT2D eigenvalue weighted by Gasteiger charge is -2.07. The summed E-state index contributed by atoms with van der Waals surface area (Å²) < 4.78 is 25.4. The Balaban J connectivity index is 0.000000690. The molecule has 6 nitrogen and oxygen atoms in total. The Labute approximate surface area is 130 Å². The first-order valence-electron chi connectivity index (χ1n) is 6.26. The highest BCUT2D eigenvalue weighted by molar-refractivity contribution is 7.84. The third kappa shape index (κ3) is 12.7. The molecular weight excluding hydrogens is 318 g/mol. The molecule has 0 saturated carbocycles. The molecule has 0 unspecified atom stereocenters. The molecule has 1 rings (SSSR count). The lowest BCUT2D eigenvalue weighted by Crippen LogP contribution is -2.16. The van der Waals surface area contributed by atoms with Crippen LogP contribution in [0.5, 0.6) is 0 Å². The first kappa shape index (κ1) is 20.3. The number of benzene rings is 1. The van der Waals surface area contributed by atoms with E-state index in [4.69, 9.17) is 27.0 Å². The van der Waals surface area contributed by atoms with E-state index >= 15 is 0 Å². The molecule has 0 aliphatic carbocycles. The third-order valence-electron chi connectivity index (χ3n) is 2.17. The van der Waals surface area contributed by atoms with E-state index in [1.807, 2.05) is 25.1 Å². The van der Waals surface area contributed by atoms with Gasteiger partial charge in [0.15, 0.2) is 5.79 Å². The largest absolute Gasteiger partial charge is 0.366 e. The normalized spacial score (nSPS) is 11.8. The van der Waals surface area contributed by atoms with Crippen LogP contribution in [0.25, 0.3) is 0 Å². The van der Waals surface area contributed by atoms with Crippen LogP contribution < -0.4 is 5.14 Å². The molecule has 0 radical (unpaired) electrons. The van der Waals surface area contributed by atoms with Crippen LogP contribution in [0, 0.1) is 6.92 Å². The monoisotopic (exact) mass is 339 g/mol. The van der Waals surface area contributed by atoms with Gasteiger partial charge in [-0.25, -0.2) is 5.14 Å². The molecule has 0 spiro atoms. The molecule has 0 atom stereocenters. The zero-order chi connectivity index (χ0) is 16.7. The van der Waals surface area contributed by atoms with Crippen LogP contribution in [-0.2, 0) is 20.9 Å². The van der Waals surface area contributed by atoms with Crippen LogP contribution in [0.2, 0.25) is 5.02 Å². The summed E-state index contributed by atoms with van der Waals surface area (Å²) in [5.41, 5.74) is 2.10. The van der Waals surface area contributed by atoms with Gasteiger partial charge in [-0.05, 0) is 50.8 Å². The maximum atomic E-state index is 10.5. The van der Waals surface area contributed by atoms with Gasteiger partial charge in [-0.1, -0.05) is 23.7 Å². The van der Waals surface area contributed by atoms with Crippen LogP contribution in [-0.4, -0.2) is 31.0 Å². The number of hydrogen-bond acceptors (Lipinski definition) is 5. The van der Waals surface area contributed by atoms with Gasteiger partial charge in [-0.2, -0.15) is 8.42 Å². The van der Waals surface area contributed by atoms with E-state index in [-0.39, 0.29) is 6.61 Å². The molecule has 0 aliphatic rings. The number of hydrogen-bond donors (Lipinski definition) is 3. The molecule has 0 bridgehead atoms. The molecule has 0 saturated heterocycles. The van der Waals surface area contributed by atoms with Crippen molar-refractivity contribution >= 4 is 21.9 Å². The average Bonchev–Trinajstić information content (AvgIpc) is 2.23. The number of rotatable bonds is 5. The summed E-state index contributed by atoms with van der Waals surface area (Å²) in [5, 5.41) is 21.5. The van der Waals surface area contributed by atoms with E-state index in [9.17, 15) is 8.42 Å². The Kier molecular flexibility index (Phi) is 8.38. The van der Waals surface area contributed by atoms with Gasteiger partial charge in [0.05, 0.1) is 6.61 Å². The lowest BCUT2D eigenvalue weighted by molar-refractivity contribution is -0.127. The predicted molar refractivity (Wildman–Crippen MR) is 82.1 cm³/mol. The molecule has 21 heavy (non-hydrogen) atoms. The second kappa shape index (κ2) is 8.67. The average molecular weight is 340 g/mol. The third-order valence-corrected chi connectivity index (χ3v) is 3.02. The van der Waals surface area contributed by atoms with Crippen molar-refractivity contribution < 1.29 is 22.8 Å². The minimum Gasteiger partial charge on any atom is -0.366 e. The van der Waals surface area contributed by atoms with Gasteiger partial charge in [0.2, 0.25) is 0 Å². The molecule has 8 heteroatoms. The quantitative estimate of drug-likeness (QED) is 0.556. The zero-order valence-corrected chi connectivity index (χ0v) is 13.9. The van der Waals surface area contributed by atoms with Gasteiger partial charge in [-0.15, -0.1) is 0 Å². The van der Waals surface area contributed by atoms with Crippen LogP contribution in [0.1, 0.15) is 31.4 Å². The molecule has 0 amide bonds. The molecule has 4 N–H and O–H groups in total. The predicted octanol–water partition coefficient (Wildman–Crippen LogP) is 1.51. The molecule has 122 valence electrons. The molecule has 0 heterocycles. The van der Waals surface area contributed by atoms with Crippen LogP contribution in [0.15, 0.2) is 18.2 Å². The summed E-state index contributed by atoms with van der Waals surface area (Å²) in [6.45, 7) is 4.63. The van der Waals surface area contributed by atoms with Gasteiger partial charge in [0.1, 0.15) is 0 Å². The van der Waals surface area contributed by atoms with Crippen molar-refractivity contribution in [2.75, 3.05) is 6.61 Å².